The van der Waals surface area contributed by atoms with Crippen LogP contribution in [0.3, 0.4) is 0 Å². The molecule has 0 heterocycles. The van der Waals surface area contributed by atoms with Crippen LogP contribution in [0.15, 0.2) is 182 Å². The standard InChI is InChI=1S/C59H48/c1-57(2,3)59(58(4,5)6)52-36-42-34-41(32-31-39(42)35-51(52)55-45-25-12-10-23-43(45)44-24-11-17-30-50(44)56(55)59)54-48-28-15-13-26-46(48)53(47-27-14-16-29-49(47)54)40-22-18-21-38(33-40)37-19-8-7-9-20-37/h7-36H,1-6H3. The molecule has 0 N–H and O–H groups in total. The second-order valence-electron chi connectivity index (χ2n) is 18.8. The lowest BCUT2D eigenvalue weighted by atomic mass is 9.49. The summed E-state index contributed by atoms with van der Waals surface area (Å²) >= 11 is 0. The topological polar surface area (TPSA) is 0 Å². The molecule has 0 aliphatic heterocycles. The van der Waals surface area contributed by atoms with E-state index in [2.05, 4.69) is 224 Å². The van der Waals surface area contributed by atoms with Gasteiger partial charge < -0.3 is 0 Å². The van der Waals surface area contributed by atoms with Gasteiger partial charge in [0.25, 0.3) is 0 Å². The van der Waals surface area contributed by atoms with E-state index >= 15 is 0 Å². The lowest BCUT2D eigenvalue weighted by Gasteiger charge is -2.53. The van der Waals surface area contributed by atoms with Crippen LogP contribution in [0, 0.1) is 10.8 Å². The summed E-state index contributed by atoms with van der Waals surface area (Å²) in [7, 11) is 0. The zero-order valence-corrected chi connectivity index (χ0v) is 34.8. The summed E-state index contributed by atoms with van der Waals surface area (Å²) in [5.41, 5.74) is 12.8. The summed E-state index contributed by atoms with van der Waals surface area (Å²) in [4.78, 5) is 0. The second kappa shape index (κ2) is 12.7. The van der Waals surface area contributed by atoms with E-state index in [0.717, 1.165) is 0 Å². The largest absolute Gasteiger partial charge is 0.0622 e. The maximum Gasteiger partial charge on any atom is 0.0318 e. The molecule has 11 rings (SSSR count). The van der Waals surface area contributed by atoms with Gasteiger partial charge in [0.2, 0.25) is 0 Å². The van der Waals surface area contributed by atoms with Crippen LogP contribution in [-0.4, -0.2) is 0 Å². The van der Waals surface area contributed by atoms with Gasteiger partial charge in [-0.05, 0) is 145 Å². The molecule has 0 unspecified atom stereocenters. The van der Waals surface area contributed by atoms with Gasteiger partial charge in [0.05, 0.1) is 0 Å². The van der Waals surface area contributed by atoms with Crippen LogP contribution in [0.25, 0.3) is 98.4 Å². The SMILES string of the molecule is CC(C)(C)C1(C(C)(C)C)c2cc3cc(-c4c5ccccc5c(-c5cccc(-c6ccccc6)c5)c5ccccc45)ccc3cc2-c2c1c1ccccc1c1ccccc21. The molecular formula is C59H48. The molecule has 0 heteroatoms. The highest BCUT2D eigenvalue weighted by Gasteiger charge is 2.58. The van der Waals surface area contributed by atoms with Crippen LogP contribution in [0.4, 0.5) is 0 Å². The van der Waals surface area contributed by atoms with Crippen molar-refractivity contribution in [1.29, 1.82) is 0 Å². The van der Waals surface area contributed by atoms with Crippen LogP contribution < -0.4 is 0 Å². The summed E-state index contributed by atoms with van der Waals surface area (Å²) in [6, 6.07) is 68.4. The molecule has 284 valence electrons. The van der Waals surface area contributed by atoms with Gasteiger partial charge >= 0.3 is 0 Å². The first-order valence-electron chi connectivity index (χ1n) is 21.2. The molecule has 1 aliphatic carbocycles. The monoisotopic (exact) mass is 756 g/mol. The Kier molecular flexibility index (Phi) is 7.70. The Bertz CT molecular complexity index is 3260. The quantitative estimate of drug-likeness (QED) is 0.124. The minimum atomic E-state index is -0.270. The highest BCUT2D eigenvalue weighted by Crippen LogP contribution is 2.67. The summed E-state index contributed by atoms with van der Waals surface area (Å²) in [5, 5.41) is 13.0. The van der Waals surface area contributed by atoms with E-state index in [1.807, 2.05) is 0 Å². The van der Waals surface area contributed by atoms with E-state index in [1.54, 1.807) is 0 Å². The van der Waals surface area contributed by atoms with Crippen molar-refractivity contribution in [2.24, 2.45) is 10.8 Å². The Balaban J connectivity index is 1.19. The Morgan fingerprint density at radius 2 is 0.746 bits per heavy atom. The smallest absolute Gasteiger partial charge is 0.0318 e. The Labute approximate surface area is 347 Å². The van der Waals surface area contributed by atoms with Crippen LogP contribution in [0.5, 0.6) is 0 Å². The van der Waals surface area contributed by atoms with Gasteiger partial charge in [0.15, 0.2) is 0 Å². The fourth-order valence-corrected chi connectivity index (χ4v) is 11.8. The van der Waals surface area contributed by atoms with Gasteiger partial charge in [-0.2, -0.15) is 0 Å². The number of benzene rings is 10. The Hall–Kier alpha value is -6.50. The lowest BCUT2D eigenvalue weighted by molar-refractivity contribution is 0.0965. The van der Waals surface area contributed by atoms with Gasteiger partial charge in [0.1, 0.15) is 0 Å². The molecule has 0 bridgehead atoms. The molecule has 0 nitrogen and oxygen atoms in total. The van der Waals surface area contributed by atoms with Crippen molar-refractivity contribution < 1.29 is 0 Å². The molecule has 1 aliphatic rings. The van der Waals surface area contributed by atoms with Crippen molar-refractivity contribution in [2.75, 3.05) is 0 Å². The highest BCUT2D eigenvalue weighted by molar-refractivity contribution is 6.22. The average molecular weight is 757 g/mol. The minimum Gasteiger partial charge on any atom is -0.0622 e. The first kappa shape index (κ1) is 35.6. The molecule has 0 saturated carbocycles. The molecule has 0 fully saturated rings. The van der Waals surface area contributed by atoms with Gasteiger partial charge in [-0.1, -0.05) is 199 Å². The summed E-state index contributed by atoms with van der Waals surface area (Å²) in [6.45, 7) is 14.8. The predicted molar refractivity (Wildman–Crippen MR) is 255 cm³/mol. The third-order valence-electron chi connectivity index (χ3n) is 13.7. The van der Waals surface area contributed by atoms with E-state index in [-0.39, 0.29) is 16.2 Å². The van der Waals surface area contributed by atoms with E-state index in [1.165, 1.54) is 109 Å². The zero-order valence-electron chi connectivity index (χ0n) is 34.8. The van der Waals surface area contributed by atoms with Crippen LogP contribution in [0.1, 0.15) is 52.7 Å². The van der Waals surface area contributed by atoms with E-state index < -0.39 is 0 Å². The third kappa shape index (κ3) is 5.02. The highest BCUT2D eigenvalue weighted by atomic mass is 14.6. The van der Waals surface area contributed by atoms with Crippen LogP contribution in [0.2, 0.25) is 0 Å². The maximum absolute atomic E-state index is 2.59. The Morgan fingerprint density at radius 3 is 1.31 bits per heavy atom. The molecule has 10 aromatic carbocycles. The van der Waals surface area contributed by atoms with E-state index in [4.69, 9.17) is 0 Å². The minimum absolute atomic E-state index is 0.0954. The molecule has 0 aromatic heterocycles. The molecule has 0 radical (unpaired) electrons. The predicted octanol–water partition coefficient (Wildman–Crippen LogP) is 16.8. The fourth-order valence-electron chi connectivity index (χ4n) is 11.8. The maximum atomic E-state index is 2.59. The second-order valence-corrected chi connectivity index (χ2v) is 18.8. The zero-order chi connectivity index (χ0) is 40.3. The molecule has 10 aromatic rings. The van der Waals surface area contributed by atoms with Crippen molar-refractivity contribution in [3.8, 4) is 44.5 Å². The fraction of sp³-hybridized carbons (Fsp3) is 0.153. The number of fused-ring (bicyclic) bond motifs is 11. The van der Waals surface area contributed by atoms with E-state index in [9.17, 15) is 0 Å². The molecule has 0 spiro atoms. The number of hydrogen-bond acceptors (Lipinski definition) is 0. The molecule has 0 amide bonds. The lowest BCUT2D eigenvalue weighted by Crippen LogP contribution is -2.50. The van der Waals surface area contributed by atoms with Crippen LogP contribution in [-0.2, 0) is 5.41 Å². The summed E-state index contributed by atoms with van der Waals surface area (Å²) in [6.07, 6.45) is 0. The average Bonchev–Trinajstić information content (AvgIpc) is 3.57. The van der Waals surface area contributed by atoms with Crippen molar-refractivity contribution in [3.05, 3.63) is 193 Å². The summed E-state index contributed by atoms with van der Waals surface area (Å²) < 4.78 is 0. The van der Waals surface area contributed by atoms with Gasteiger partial charge in [0, 0.05) is 5.41 Å². The normalized spacial score (nSPS) is 13.7. The third-order valence-corrected chi connectivity index (χ3v) is 13.7. The molecule has 59 heavy (non-hydrogen) atoms. The molecule has 0 atom stereocenters. The van der Waals surface area contributed by atoms with Crippen molar-refractivity contribution >= 4 is 53.9 Å². The van der Waals surface area contributed by atoms with Gasteiger partial charge in [-0.3, -0.25) is 0 Å². The van der Waals surface area contributed by atoms with Crippen molar-refractivity contribution in [3.63, 3.8) is 0 Å². The number of rotatable bonds is 3. The molecule has 0 saturated heterocycles. The first-order chi connectivity index (χ1) is 28.6. The van der Waals surface area contributed by atoms with Crippen LogP contribution >= 0.6 is 0 Å². The van der Waals surface area contributed by atoms with Gasteiger partial charge in [-0.25, -0.2) is 0 Å². The Morgan fingerprint density at radius 1 is 0.305 bits per heavy atom. The molecular weight excluding hydrogens is 709 g/mol. The van der Waals surface area contributed by atoms with Crippen molar-refractivity contribution in [1.82, 2.24) is 0 Å². The van der Waals surface area contributed by atoms with Crippen molar-refractivity contribution in [2.45, 2.75) is 47.0 Å². The summed E-state index contributed by atoms with van der Waals surface area (Å²) in [5.74, 6) is 0. The van der Waals surface area contributed by atoms with Gasteiger partial charge in [-0.15, -0.1) is 0 Å². The number of hydrogen-bond donors (Lipinski definition) is 0. The van der Waals surface area contributed by atoms with E-state index in [0.29, 0.717) is 0 Å². The first-order valence-corrected chi connectivity index (χ1v) is 21.2.